The molecule has 1 aliphatic heterocycles. The van der Waals surface area contributed by atoms with Crippen molar-refractivity contribution < 1.29 is 19.5 Å². The minimum atomic E-state index is -1.22. The molecule has 1 saturated heterocycles. The molecule has 8 nitrogen and oxygen atoms in total. The van der Waals surface area contributed by atoms with E-state index in [9.17, 15) is 14.4 Å². The lowest BCUT2D eigenvalue weighted by atomic mass is 10.0. The molecule has 3 amide bonds. The van der Waals surface area contributed by atoms with E-state index in [1.165, 1.54) is 7.05 Å². The van der Waals surface area contributed by atoms with Crippen LogP contribution in [0.3, 0.4) is 0 Å². The molecule has 1 unspecified atom stereocenters. The molecule has 0 aromatic carbocycles. The van der Waals surface area contributed by atoms with Crippen molar-refractivity contribution >= 4 is 17.9 Å². The van der Waals surface area contributed by atoms with Crippen LogP contribution in [-0.4, -0.2) is 60.1 Å². The van der Waals surface area contributed by atoms with Crippen LogP contribution in [0.1, 0.15) is 12.8 Å². The number of carboxylic acids is 1. The van der Waals surface area contributed by atoms with E-state index in [4.69, 9.17) is 10.8 Å². The zero-order valence-corrected chi connectivity index (χ0v) is 10.2. The van der Waals surface area contributed by atoms with Gasteiger partial charge in [0.2, 0.25) is 5.91 Å². The van der Waals surface area contributed by atoms with E-state index in [1.807, 2.05) is 0 Å². The largest absolute Gasteiger partial charge is 0.480 e. The Hall–Kier alpha value is -1.67. The van der Waals surface area contributed by atoms with Crippen LogP contribution in [0, 0.1) is 0 Å². The monoisotopic (exact) mass is 258 g/mol. The van der Waals surface area contributed by atoms with Gasteiger partial charge in [-0.05, 0) is 6.42 Å². The van der Waals surface area contributed by atoms with Crippen molar-refractivity contribution in [2.24, 2.45) is 5.73 Å². The maximum Gasteiger partial charge on any atom is 0.325 e. The number of carbonyl (C=O) groups is 3. The number of imide groups is 1. The first-order valence-electron chi connectivity index (χ1n) is 5.63. The van der Waals surface area contributed by atoms with Gasteiger partial charge in [0.25, 0.3) is 0 Å². The molecule has 1 fully saturated rings. The Morgan fingerprint density at radius 1 is 1.44 bits per heavy atom. The van der Waals surface area contributed by atoms with Crippen molar-refractivity contribution in [3.05, 3.63) is 0 Å². The third kappa shape index (κ3) is 3.67. The van der Waals surface area contributed by atoms with Gasteiger partial charge < -0.3 is 21.1 Å². The van der Waals surface area contributed by atoms with Gasteiger partial charge >= 0.3 is 12.0 Å². The molecule has 0 aromatic heterocycles. The topological polar surface area (TPSA) is 125 Å². The van der Waals surface area contributed by atoms with Crippen molar-refractivity contribution in [3.8, 4) is 0 Å². The molecule has 1 rings (SSSR count). The smallest absolute Gasteiger partial charge is 0.325 e. The van der Waals surface area contributed by atoms with Crippen LogP contribution < -0.4 is 16.4 Å². The lowest BCUT2D eigenvalue weighted by Crippen LogP contribution is -2.50. The van der Waals surface area contributed by atoms with Gasteiger partial charge in [-0.1, -0.05) is 0 Å². The minimum absolute atomic E-state index is 0.128. The van der Waals surface area contributed by atoms with Crippen LogP contribution in [0.15, 0.2) is 0 Å². The summed E-state index contributed by atoms with van der Waals surface area (Å²) in [5.41, 5.74) is 4.47. The zero-order chi connectivity index (χ0) is 13.8. The highest BCUT2D eigenvalue weighted by Crippen LogP contribution is 2.18. The first kappa shape index (κ1) is 14.4. The number of aliphatic carboxylic acids is 1. The highest BCUT2D eigenvalue weighted by atomic mass is 16.4. The molecule has 0 radical (unpaired) electrons. The summed E-state index contributed by atoms with van der Waals surface area (Å²) in [7, 11) is 1.42. The van der Waals surface area contributed by atoms with Gasteiger partial charge in [-0.25, -0.2) is 4.79 Å². The van der Waals surface area contributed by atoms with E-state index in [1.54, 1.807) is 4.90 Å². The van der Waals surface area contributed by atoms with Crippen molar-refractivity contribution in [2.45, 2.75) is 18.4 Å². The summed E-state index contributed by atoms with van der Waals surface area (Å²) in [6.45, 7) is 1.14. The van der Waals surface area contributed by atoms with Gasteiger partial charge in [0.15, 0.2) is 0 Å². The Morgan fingerprint density at radius 3 is 2.61 bits per heavy atom. The average molecular weight is 258 g/mol. The summed E-state index contributed by atoms with van der Waals surface area (Å²) in [4.78, 5) is 34.9. The van der Waals surface area contributed by atoms with Crippen LogP contribution in [0.5, 0.6) is 0 Å². The molecular weight excluding hydrogens is 240 g/mol. The summed E-state index contributed by atoms with van der Waals surface area (Å²) in [6.07, 6.45) is 0.489. The number of nitrogens with zero attached hydrogens (tertiary/aromatic N) is 1. The SMILES string of the molecule is CNC(=O)NC(=O)CCN1CCC(N)(C(=O)O)C1. The fourth-order valence-electron chi connectivity index (χ4n) is 1.79. The number of nitrogens with two attached hydrogens (primary N) is 1. The molecule has 0 bridgehead atoms. The third-order valence-corrected chi connectivity index (χ3v) is 2.94. The normalized spacial score (nSPS) is 23.7. The number of carboxylic acid groups (broad SMARTS) is 1. The standard InChI is InChI=1S/C10H18N4O4/c1-12-9(18)13-7(15)2-4-14-5-3-10(11,6-14)8(16)17/h2-6,11H2,1H3,(H,16,17)(H2,12,13,15,18). The molecule has 1 aliphatic rings. The van der Waals surface area contributed by atoms with Crippen LogP contribution in [-0.2, 0) is 9.59 Å². The van der Waals surface area contributed by atoms with E-state index < -0.39 is 23.4 Å². The number of amides is 3. The summed E-state index contributed by atoms with van der Waals surface area (Å²) >= 11 is 0. The highest BCUT2D eigenvalue weighted by Gasteiger charge is 2.40. The Balaban J connectivity index is 2.32. The lowest BCUT2D eigenvalue weighted by Gasteiger charge is -2.19. The van der Waals surface area contributed by atoms with Crippen molar-refractivity contribution in [1.29, 1.82) is 0 Å². The van der Waals surface area contributed by atoms with Crippen LogP contribution in [0.2, 0.25) is 0 Å². The number of urea groups is 1. The van der Waals surface area contributed by atoms with Crippen molar-refractivity contribution in [1.82, 2.24) is 15.5 Å². The summed E-state index contributed by atoms with van der Waals surface area (Å²) in [6, 6.07) is -0.555. The van der Waals surface area contributed by atoms with Crippen LogP contribution in [0.25, 0.3) is 0 Å². The highest BCUT2D eigenvalue weighted by molar-refractivity contribution is 5.94. The molecule has 102 valence electrons. The van der Waals surface area contributed by atoms with E-state index in [-0.39, 0.29) is 13.0 Å². The molecule has 0 spiro atoms. The van der Waals surface area contributed by atoms with Crippen LogP contribution >= 0.6 is 0 Å². The molecule has 0 aliphatic carbocycles. The number of hydrogen-bond acceptors (Lipinski definition) is 5. The van der Waals surface area contributed by atoms with E-state index in [0.717, 1.165) is 0 Å². The number of hydrogen-bond donors (Lipinski definition) is 4. The fraction of sp³-hybridized carbons (Fsp3) is 0.700. The molecule has 1 heterocycles. The molecule has 0 saturated carbocycles. The molecular formula is C10H18N4O4. The van der Waals surface area contributed by atoms with Gasteiger partial charge in [-0.15, -0.1) is 0 Å². The van der Waals surface area contributed by atoms with Gasteiger partial charge in [0.1, 0.15) is 5.54 Å². The van der Waals surface area contributed by atoms with E-state index in [2.05, 4.69) is 10.6 Å². The molecule has 1 atom stereocenters. The predicted molar refractivity (Wildman–Crippen MR) is 62.8 cm³/mol. The molecule has 18 heavy (non-hydrogen) atoms. The Kier molecular flexibility index (Phi) is 4.62. The fourth-order valence-corrected chi connectivity index (χ4v) is 1.79. The van der Waals surface area contributed by atoms with E-state index >= 15 is 0 Å². The number of carbonyl (C=O) groups excluding carboxylic acids is 2. The van der Waals surface area contributed by atoms with Gasteiger partial charge in [-0.2, -0.15) is 0 Å². The first-order valence-corrected chi connectivity index (χ1v) is 5.63. The van der Waals surface area contributed by atoms with Crippen molar-refractivity contribution in [2.75, 3.05) is 26.7 Å². The Labute approximate surface area is 104 Å². The maximum atomic E-state index is 11.3. The molecule has 8 heteroatoms. The predicted octanol–water partition coefficient (Wildman–Crippen LogP) is -1.68. The number of likely N-dealkylation sites (tertiary alicyclic amines) is 1. The second-order valence-corrected chi connectivity index (χ2v) is 4.36. The maximum absolute atomic E-state index is 11.3. The van der Waals surface area contributed by atoms with Crippen LogP contribution in [0.4, 0.5) is 4.79 Å². The van der Waals surface area contributed by atoms with Gasteiger partial charge in [0.05, 0.1) is 0 Å². The lowest BCUT2D eigenvalue weighted by molar-refractivity contribution is -0.142. The molecule has 0 aromatic rings. The number of nitrogens with one attached hydrogen (secondary N) is 2. The Morgan fingerprint density at radius 2 is 2.11 bits per heavy atom. The summed E-state index contributed by atoms with van der Waals surface area (Å²) in [5.74, 6) is -1.43. The number of rotatable bonds is 4. The second kappa shape index (κ2) is 5.78. The van der Waals surface area contributed by atoms with Crippen molar-refractivity contribution in [3.63, 3.8) is 0 Å². The van der Waals surface area contributed by atoms with E-state index in [0.29, 0.717) is 19.5 Å². The first-order chi connectivity index (χ1) is 8.37. The van der Waals surface area contributed by atoms with Gasteiger partial charge in [0, 0.05) is 33.1 Å². The summed E-state index contributed by atoms with van der Waals surface area (Å²) < 4.78 is 0. The van der Waals surface area contributed by atoms with Gasteiger partial charge in [-0.3, -0.25) is 14.9 Å². The molecule has 5 N–H and O–H groups in total. The average Bonchev–Trinajstić information content (AvgIpc) is 2.70. The minimum Gasteiger partial charge on any atom is -0.480 e. The Bertz CT molecular complexity index is 360. The zero-order valence-electron chi connectivity index (χ0n) is 10.2. The summed E-state index contributed by atoms with van der Waals surface area (Å²) in [5, 5.41) is 13.3. The second-order valence-electron chi connectivity index (χ2n) is 4.36. The quantitative estimate of drug-likeness (QED) is 0.477. The third-order valence-electron chi connectivity index (χ3n) is 2.94.